The maximum atomic E-state index is 14.6. The Morgan fingerprint density at radius 2 is 1.21 bits per heavy atom. The molecule has 0 aliphatic carbocycles. The van der Waals surface area contributed by atoms with Gasteiger partial charge in [-0.1, -0.05) is 82.3 Å². The van der Waals surface area contributed by atoms with E-state index >= 15 is 0 Å². The van der Waals surface area contributed by atoms with Crippen LogP contribution < -0.4 is 65.9 Å². The van der Waals surface area contributed by atoms with Crippen molar-refractivity contribution >= 4 is 86.6 Å². The van der Waals surface area contributed by atoms with Gasteiger partial charge in [-0.2, -0.15) is 0 Å². The Labute approximate surface area is 424 Å². The molecule has 2 aliphatic heterocycles. The molecule has 2 fully saturated rings. The smallest absolute Gasteiger partial charge is 0.246 e. The highest BCUT2D eigenvalue weighted by molar-refractivity contribution is 8.76. The van der Waals surface area contributed by atoms with Gasteiger partial charge in [0.15, 0.2) is 0 Å². The summed E-state index contributed by atoms with van der Waals surface area (Å²) >= 11 is 0. The van der Waals surface area contributed by atoms with Crippen LogP contribution in [0.15, 0.2) is 60.7 Å². The Hall–Kier alpha value is -6.77. The van der Waals surface area contributed by atoms with E-state index in [-0.39, 0.29) is 43.7 Å². The number of benzene rings is 2. The van der Waals surface area contributed by atoms with Gasteiger partial charge in [0.2, 0.25) is 65.0 Å². The first-order valence-electron chi connectivity index (χ1n) is 23.4. The zero-order chi connectivity index (χ0) is 52.7. The molecule has 4 rings (SSSR count). The molecule has 24 nitrogen and oxygen atoms in total. The van der Waals surface area contributed by atoms with Crippen LogP contribution in [0.4, 0.5) is 0 Å². The van der Waals surface area contributed by atoms with E-state index < -0.39 is 139 Å². The molecule has 0 spiro atoms. The maximum absolute atomic E-state index is 14.6. The van der Waals surface area contributed by atoms with Gasteiger partial charge >= 0.3 is 0 Å². The summed E-state index contributed by atoms with van der Waals surface area (Å²) in [6, 6.07) is 6.36. The Bertz CT molecular complexity index is 2250. The normalized spacial score (nSPS) is 23.2. The van der Waals surface area contributed by atoms with Gasteiger partial charge in [0.25, 0.3) is 0 Å². The summed E-state index contributed by atoms with van der Waals surface area (Å²) in [5.74, 6) is -9.66. The highest BCUT2D eigenvalue weighted by Gasteiger charge is 2.40. The Kier molecular flexibility index (Phi) is 23.7. The highest BCUT2D eigenvalue weighted by atomic mass is 33.1. The number of carbonyl (C=O) groups excluding carboxylic acids is 11. The van der Waals surface area contributed by atoms with Crippen molar-refractivity contribution in [1.29, 1.82) is 0 Å². The highest BCUT2D eigenvalue weighted by Crippen LogP contribution is 2.26. The van der Waals surface area contributed by atoms with E-state index in [1.54, 1.807) is 60.7 Å². The molecule has 0 aromatic heterocycles. The SMILES string of the molecule is NCCCC[C@@H](NC(=O)[C@@H]1CCCN1C(=O)C1CSSC[C@H](N)C(=O)NC(Cc2ccccc2)C(=O)N[C@@H](Cc2ccccc2)C(=O)NC(CCC(N)=O)C(=O)NC(CC(N)=O)C(=O)N1)C(=O)NCC(N)=O. The summed E-state index contributed by atoms with van der Waals surface area (Å²) in [7, 11) is 2.07. The number of nitrogens with one attached hydrogen (secondary N) is 7. The van der Waals surface area contributed by atoms with Crippen molar-refractivity contribution in [2.24, 2.45) is 28.7 Å². The second-order valence-corrected chi connectivity index (χ2v) is 19.8. The molecule has 392 valence electrons. The number of nitrogens with zero attached hydrogens (tertiary/aromatic N) is 1. The average Bonchev–Trinajstić information content (AvgIpc) is 3.84. The minimum absolute atomic E-state index is 0.0198. The molecule has 72 heavy (non-hydrogen) atoms. The summed E-state index contributed by atoms with van der Waals surface area (Å²) in [4.78, 5) is 149. The molecule has 2 aliphatic rings. The third-order valence-electron chi connectivity index (χ3n) is 11.6. The fourth-order valence-corrected chi connectivity index (χ4v) is 10.0. The fraction of sp³-hybridized carbons (Fsp3) is 0.500. The number of amides is 11. The molecule has 4 unspecified atom stereocenters. The van der Waals surface area contributed by atoms with Crippen molar-refractivity contribution in [1.82, 2.24) is 42.1 Å². The van der Waals surface area contributed by atoms with Gasteiger partial charge in [-0.3, -0.25) is 52.7 Å². The standard InChI is InChI=1S/C46H65N13O11S2/c47-18-8-7-14-29(40(64)52-23-38(51)62)54-45(69)35-15-9-19-59(35)46(70)34-25-72-71-24-28(48)39(63)55-31(20-26-10-3-1-4-11-26)43(67)56-32(21-27-12-5-2-6-13-27)42(66)53-30(16-17-36(49)60)41(65)57-33(22-37(50)61)44(68)58-34/h1-6,10-13,28-35H,7-9,14-25,47-48H2,(H2,49,60)(H2,50,61)(H2,51,62)(H,52,64)(H,53,66)(H,54,69)(H,55,63)(H,56,67)(H,57,65)(H,58,68)/t28-,29+,30?,31?,32-,33?,34?,35-/m0/s1. The quantitative estimate of drug-likeness (QED) is 0.0471. The zero-order valence-corrected chi connectivity index (χ0v) is 41.3. The molecule has 11 amide bonds. The number of unbranched alkanes of at least 4 members (excludes halogenated alkanes) is 1. The molecule has 0 saturated carbocycles. The summed E-state index contributed by atoms with van der Waals surface area (Å²) in [6.07, 6.45) is -0.141. The lowest BCUT2D eigenvalue weighted by Gasteiger charge is -2.31. The molecule has 0 bridgehead atoms. The zero-order valence-electron chi connectivity index (χ0n) is 39.6. The number of primary amides is 3. The summed E-state index contributed by atoms with van der Waals surface area (Å²) < 4.78 is 0. The molecule has 17 N–H and O–H groups in total. The molecule has 2 aromatic carbocycles. The molecule has 8 atom stereocenters. The number of likely N-dealkylation sites (tertiary alicyclic amines) is 1. The summed E-state index contributed by atoms with van der Waals surface area (Å²) in [5.41, 5.74) is 29.4. The van der Waals surface area contributed by atoms with Crippen LogP contribution in [0.5, 0.6) is 0 Å². The van der Waals surface area contributed by atoms with E-state index in [9.17, 15) is 52.7 Å². The number of carbonyl (C=O) groups is 11. The van der Waals surface area contributed by atoms with Gasteiger partial charge in [-0.15, -0.1) is 0 Å². The number of hydrogen-bond donors (Lipinski definition) is 12. The molecular weight excluding hydrogens is 975 g/mol. The first-order valence-corrected chi connectivity index (χ1v) is 25.9. The van der Waals surface area contributed by atoms with Crippen LogP contribution in [0.1, 0.15) is 62.5 Å². The molecule has 2 aromatic rings. The second kappa shape index (κ2) is 29.5. The topological polar surface area (TPSA) is 405 Å². The van der Waals surface area contributed by atoms with Crippen molar-refractivity contribution in [3.63, 3.8) is 0 Å². The van der Waals surface area contributed by atoms with E-state index in [1.807, 2.05) is 0 Å². The third-order valence-corrected chi connectivity index (χ3v) is 14.0. The van der Waals surface area contributed by atoms with Gasteiger partial charge < -0.3 is 70.8 Å². The summed E-state index contributed by atoms with van der Waals surface area (Å²) in [5, 5.41) is 18.0. The molecule has 0 radical (unpaired) electrons. The van der Waals surface area contributed by atoms with E-state index in [0.29, 0.717) is 36.9 Å². The number of rotatable bonds is 19. The number of nitrogens with two attached hydrogens (primary N) is 5. The predicted octanol–water partition coefficient (Wildman–Crippen LogP) is -4.03. The Morgan fingerprint density at radius 1 is 0.667 bits per heavy atom. The van der Waals surface area contributed by atoms with Crippen molar-refractivity contribution in [3.05, 3.63) is 71.8 Å². The van der Waals surface area contributed by atoms with E-state index in [4.69, 9.17) is 28.7 Å². The minimum atomic E-state index is -1.76. The van der Waals surface area contributed by atoms with Crippen molar-refractivity contribution in [2.45, 2.75) is 113 Å². The van der Waals surface area contributed by atoms with Gasteiger partial charge in [-0.05, 0) is 56.2 Å². The lowest BCUT2D eigenvalue weighted by Crippen LogP contribution is -2.61. The van der Waals surface area contributed by atoms with Crippen LogP contribution in [-0.2, 0) is 65.6 Å². The first kappa shape index (κ1) is 57.8. The third kappa shape index (κ3) is 19.1. The van der Waals surface area contributed by atoms with Crippen molar-refractivity contribution < 1.29 is 52.7 Å². The molecular formula is C46H65N13O11S2. The van der Waals surface area contributed by atoms with E-state index in [1.165, 1.54) is 4.90 Å². The van der Waals surface area contributed by atoms with Gasteiger partial charge in [0.05, 0.1) is 19.0 Å². The second-order valence-electron chi connectivity index (χ2n) is 17.3. The fourth-order valence-electron chi connectivity index (χ4n) is 7.77. The van der Waals surface area contributed by atoms with Gasteiger partial charge in [0.1, 0.15) is 42.3 Å². The van der Waals surface area contributed by atoms with Crippen LogP contribution in [0.3, 0.4) is 0 Å². The minimum Gasteiger partial charge on any atom is -0.370 e. The van der Waals surface area contributed by atoms with E-state index in [0.717, 1.165) is 21.6 Å². The Balaban J connectivity index is 1.70. The lowest BCUT2D eigenvalue weighted by molar-refractivity contribution is -0.142. The molecule has 2 saturated heterocycles. The van der Waals surface area contributed by atoms with Crippen molar-refractivity contribution in [2.75, 3.05) is 31.1 Å². The summed E-state index contributed by atoms with van der Waals surface area (Å²) in [6.45, 7) is -0.121. The first-order chi connectivity index (χ1) is 34.4. The average molecular weight is 1040 g/mol. The van der Waals surface area contributed by atoms with Crippen LogP contribution >= 0.6 is 21.6 Å². The largest absolute Gasteiger partial charge is 0.370 e. The van der Waals surface area contributed by atoms with Crippen molar-refractivity contribution in [3.8, 4) is 0 Å². The lowest BCUT2D eigenvalue weighted by atomic mass is 10.0. The monoisotopic (exact) mass is 1040 g/mol. The van der Waals surface area contributed by atoms with E-state index in [2.05, 4.69) is 37.2 Å². The molecule has 2 heterocycles. The maximum Gasteiger partial charge on any atom is 0.246 e. The van der Waals surface area contributed by atoms with Crippen LogP contribution in [0, 0.1) is 0 Å². The predicted molar refractivity (Wildman–Crippen MR) is 267 cm³/mol. The van der Waals surface area contributed by atoms with Crippen LogP contribution in [0.25, 0.3) is 0 Å². The Morgan fingerprint density at radius 3 is 1.78 bits per heavy atom. The van der Waals surface area contributed by atoms with Crippen LogP contribution in [-0.4, -0.2) is 149 Å². The molecule has 26 heteroatoms. The van der Waals surface area contributed by atoms with Gasteiger partial charge in [0, 0.05) is 37.3 Å². The van der Waals surface area contributed by atoms with Crippen LogP contribution in [0.2, 0.25) is 0 Å². The number of hydrogen-bond acceptors (Lipinski definition) is 15. The van der Waals surface area contributed by atoms with Gasteiger partial charge in [-0.25, -0.2) is 0 Å².